The topological polar surface area (TPSA) is 58.6 Å². The fourth-order valence-corrected chi connectivity index (χ4v) is 4.38. The van der Waals surface area contributed by atoms with E-state index in [1.807, 2.05) is 44.2 Å². The maximum atomic E-state index is 13.3. The SMILES string of the molecule is CCC(C(=O)NC1CCCC1)N(Cc1ccc(Cl)c(Cl)c1)C(=O)COc1cccc(C)c1. The van der Waals surface area contributed by atoms with Crippen LogP contribution in [0.4, 0.5) is 0 Å². The molecule has 0 aromatic heterocycles. The van der Waals surface area contributed by atoms with Gasteiger partial charge in [-0.05, 0) is 61.6 Å². The summed E-state index contributed by atoms with van der Waals surface area (Å²) >= 11 is 12.2. The van der Waals surface area contributed by atoms with Crippen LogP contribution < -0.4 is 10.1 Å². The molecule has 1 saturated carbocycles. The van der Waals surface area contributed by atoms with E-state index in [0.29, 0.717) is 22.2 Å². The number of halogens is 2. The first kappa shape index (κ1) is 24.4. The van der Waals surface area contributed by atoms with Crippen molar-refractivity contribution in [2.75, 3.05) is 6.61 Å². The Labute approximate surface area is 200 Å². The van der Waals surface area contributed by atoms with Crippen LogP contribution in [0.1, 0.15) is 50.2 Å². The zero-order valence-corrected chi connectivity index (χ0v) is 20.1. The second-order valence-corrected chi connectivity index (χ2v) is 9.10. The van der Waals surface area contributed by atoms with E-state index < -0.39 is 6.04 Å². The van der Waals surface area contributed by atoms with Crippen molar-refractivity contribution in [1.82, 2.24) is 10.2 Å². The first-order valence-electron chi connectivity index (χ1n) is 11.1. The van der Waals surface area contributed by atoms with Crippen LogP contribution in [0.3, 0.4) is 0 Å². The molecule has 32 heavy (non-hydrogen) atoms. The molecule has 1 N–H and O–H groups in total. The summed E-state index contributed by atoms with van der Waals surface area (Å²) in [5.41, 5.74) is 1.85. The largest absolute Gasteiger partial charge is 0.484 e. The first-order chi connectivity index (χ1) is 15.4. The van der Waals surface area contributed by atoms with Crippen LogP contribution in [0.25, 0.3) is 0 Å². The summed E-state index contributed by atoms with van der Waals surface area (Å²) in [6.07, 6.45) is 4.71. The number of nitrogens with zero attached hydrogens (tertiary/aromatic N) is 1. The third-order valence-corrected chi connectivity index (χ3v) is 6.52. The highest BCUT2D eigenvalue weighted by molar-refractivity contribution is 6.42. The molecule has 0 aliphatic heterocycles. The lowest BCUT2D eigenvalue weighted by Crippen LogP contribution is -2.52. The molecule has 1 aliphatic rings. The minimum absolute atomic E-state index is 0.122. The first-order valence-corrected chi connectivity index (χ1v) is 11.9. The molecular formula is C25H30Cl2N2O3. The third kappa shape index (κ3) is 6.63. The molecule has 2 amide bonds. The van der Waals surface area contributed by atoms with Crippen LogP contribution in [0.15, 0.2) is 42.5 Å². The van der Waals surface area contributed by atoms with E-state index in [1.165, 1.54) is 0 Å². The van der Waals surface area contributed by atoms with Crippen molar-refractivity contribution in [3.8, 4) is 5.75 Å². The maximum absolute atomic E-state index is 13.3. The Morgan fingerprint density at radius 1 is 1.12 bits per heavy atom. The van der Waals surface area contributed by atoms with Gasteiger partial charge in [-0.2, -0.15) is 0 Å². The minimum Gasteiger partial charge on any atom is -0.484 e. The molecule has 2 aromatic carbocycles. The molecular weight excluding hydrogens is 447 g/mol. The molecule has 172 valence electrons. The number of benzene rings is 2. The average Bonchev–Trinajstić information content (AvgIpc) is 3.27. The Hall–Kier alpha value is -2.24. The van der Waals surface area contributed by atoms with E-state index in [2.05, 4.69) is 5.32 Å². The normalized spacial score (nSPS) is 14.8. The molecule has 7 heteroatoms. The molecule has 1 atom stereocenters. The molecule has 0 radical (unpaired) electrons. The molecule has 3 rings (SSSR count). The lowest BCUT2D eigenvalue weighted by atomic mass is 10.1. The number of amides is 2. The number of hydrogen-bond acceptors (Lipinski definition) is 3. The van der Waals surface area contributed by atoms with Gasteiger partial charge in [0.1, 0.15) is 11.8 Å². The van der Waals surface area contributed by atoms with Crippen molar-refractivity contribution >= 4 is 35.0 Å². The molecule has 5 nitrogen and oxygen atoms in total. The molecule has 1 unspecified atom stereocenters. The van der Waals surface area contributed by atoms with Crippen molar-refractivity contribution in [2.24, 2.45) is 0 Å². The van der Waals surface area contributed by atoms with Gasteiger partial charge in [0.25, 0.3) is 5.91 Å². The number of aryl methyl sites for hydroxylation is 1. The molecule has 0 bridgehead atoms. The van der Waals surface area contributed by atoms with E-state index in [1.54, 1.807) is 17.0 Å². The van der Waals surface area contributed by atoms with E-state index in [9.17, 15) is 9.59 Å². The highest BCUT2D eigenvalue weighted by atomic mass is 35.5. The molecule has 0 heterocycles. The van der Waals surface area contributed by atoms with Gasteiger partial charge in [0.15, 0.2) is 6.61 Å². The van der Waals surface area contributed by atoms with E-state index in [4.69, 9.17) is 27.9 Å². The summed E-state index contributed by atoms with van der Waals surface area (Å²) in [5, 5.41) is 3.99. The summed E-state index contributed by atoms with van der Waals surface area (Å²) in [6, 6.07) is 12.4. The molecule has 1 aliphatic carbocycles. The highest BCUT2D eigenvalue weighted by Crippen LogP contribution is 2.25. The van der Waals surface area contributed by atoms with Gasteiger partial charge in [-0.25, -0.2) is 0 Å². The van der Waals surface area contributed by atoms with Crippen LogP contribution >= 0.6 is 23.2 Å². The maximum Gasteiger partial charge on any atom is 0.261 e. The second-order valence-electron chi connectivity index (χ2n) is 8.29. The molecule has 1 fully saturated rings. The molecule has 2 aromatic rings. The van der Waals surface area contributed by atoms with Gasteiger partial charge in [0.2, 0.25) is 5.91 Å². The number of carbonyl (C=O) groups excluding carboxylic acids is 2. The zero-order valence-electron chi connectivity index (χ0n) is 18.6. The van der Waals surface area contributed by atoms with E-state index in [-0.39, 0.29) is 31.0 Å². The van der Waals surface area contributed by atoms with Gasteiger partial charge in [0, 0.05) is 12.6 Å². The van der Waals surface area contributed by atoms with Crippen molar-refractivity contribution in [1.29, 1.82) is 0 Å². The standard InChI is InChI=1S/C25H30Cl2N2O3/c1-3-23(25(31)28-19-8-4-5-9-19)29(15-18-11-12-21(26)22(27)14-18)24(30)16-32-20-10-6-7-17(2)13-20/h6-7,10-14,19,23H,3-5,8-9,15-16H2,1-2H3,(H,28,31). The monoisotopic (exact) mass is 476 g/mol. The number of rotatable bonds is 9. The van der Waals surface area contributed by atoms with Gasteiger partial charge in [0.05, 0.1) is 10.0 Å². The summed E-state index contributed by atoms with van der Waals surface area (Å²) in [5.74, 6) is 0.241. The third-order valence-electron chi connectivity index (χ3n) is 5.78. The Bertz CT molecular complexity index is 945. The summed E-state index contributed by atoms with van der Waals surface area (Å²) in [6.45, 7) is 3.96. The van der Waals surface area contributed by atoms with Crippen molar-refractivity contribution in [3.05, 3.63) is 63.6 Å². The van der Waals surface area contributed by atoms with Crippen LogP contribution in [0.2, 0.25) is 10.0 Å². The number of nitrogens with one attached hydrogen (secondary N) is 1. The molecule has 0 saturated heterocycles. The average molecular weight is 477 g/mol. The Morgan fingerprint density at radius 3 is 2.53 bits per heavy atom. The van der Waals surface area contributed by atoms with Gasteiger partial charge in [-0.3, -0.25) is 9.59 Å². The number of carbonyl (C=O) groups is 2. The van der Waals surface area contributed by atoms with E-state index >= 15 is 0 Å². The smallest absolute Gasteiger partial charge is 0.261 e. The summed E-state index contributed by atoms with van der Waals surface area (Å²) in [4.78, 5) is 28.0. The Morgan fingerprint density at radius 2 is 1.88 bits per heavy atom. The van der Waals surface area contributed by atoms with Crippen LogP contribution in [0.5, 0.6) is 5.75 Å². The van der Waals surface area contributed by atoms with E-state index in [0.717, 1.165) is 36.8 Å². The van der Waals surface area contributed by atoms with Crippen LogP contribution in [-0.2, 0) is 16.1 Å². The van der Waals surface area contributed by atoms with Gasteiger partial charge in [-0.1, -0.05) is 61.2 Å². The quantitative estimate of drug-likeness (QED) is 0.516. The second kappa shape index (κ2) is 11.6. The van der Waals surface area contributed by atoms with Crippen LogP contribution in [-0.4, -0.2) is 35.4 Å². The summed E-state index contributed by atoms with van der Waals surface area (Å²) < 4.78 is 5.75. The highest BCUT2D eigenvalue weighted by Gasteiger charge is 2.31. The fourth-order valence-electron chi connectivity index (χ4n) is 4.05. The summed E-state index contributed by atoms with van der Waals surface area (Å²) in [7, 11) is 0. The van der Waals surface area contributed by atoms with Crippen molar-refractivity contribution in [2.45, 2.75) is 64.6 Å². The van der Waals surface area contributed by atoms with Crippen molar-refractivity contribution < 1.29 is 14.3 Å². The van der Waals surface area contributed by atoms with Gasteiger partial charge in [-0.15, -0.1) is 0 Å². The Balaban J connectivity index is 1.78. The predicted molar refractivity (Wildman–Crippen MR) is 128 cm³/mol. The Kier molecular flexibility index (Phi) is 8.83. The van der Waals surface area contributed by atoms with Gasteiger partial charge < -0.3 is 15.0 Å². The minimum atomic E-state index is -0.598. The van der Waals surface area contributed by atoms with Crippen molar-refractivity contribution in [3.63, 3.8) is 0 Å². The van der Waals surface area contributed by atoms with Gasteiger partial charge >= 0.3 is 0 Å². The molecule has 0 spiro atoms. The zero-order chi connectivity index (χ0) is 23.1. The fraction of sp³-hybridized carbons (Fsp3) is 0.440. The predicted octanol–water partition coefficient (Wildman–Crippen LogP) is 5.55. The lowest BCUT2D eigenvalue weighted by molar-refractivity contribution is -0.143. The lowest BCUT2D eigenvalue weighted by Gasteiger charge is -2.31. The van der Waals surface area contributed by atoms with Crippen LogP contribution in [0, 0.1) is 6.92 Å². The number of ether oxygens (including phenoxy) is 1. The number of hydrogen-bond donors (Lipinski definition) is 1.